The van der Waals surface area contributed by atoms with Crippen LogP contribution in [-0.4, -0.2) is 41.0 Å². The van der Waals surface area contributed by atoms with Gasteiger partial charge in [0, 0.05) is 11.9 Å². The minimum absolute atomic E-state index is 0.113. The highest BCUT2D eigenvalue weighted by atomic mass is 16.2. The van der Waals surface area contributed by atoms with Crippen molar-refractivity contribution in [3.05, 3.63) is 23.0 Å². The van der Waals surface area contributed by atoms with Gasteiger partial charge in [-0.3, -0.25) is 24.6 Å². The van der Waals surface area contributed by atoms with Crippen molar-refractivity contribution >= 4 is 11.8 Å². The molecule has 3 N–H and O–H groups in total. The molecular weight excluding hydrogens is 244 g/mol. The zero-order valence-electron chi connectivity index (χ0n) is 12.0. The van der Waals surface area contributed by atoms with Crippen LogP contribution in [0.4, 0.5) is 0 Å². The number of nitrogens with two attached hydrogens (primary N) is 1. The number of hydrogen-bond acceptors (Lipinski definition) is 3. The molecule has 0 radical (unpaired) electrons. The molecule has 0 aliphatic carbocycles. The number of amides is 2. The highest BCUT2D eigenvalue weighted by Gasteiger charge is 2.15. The van der Waals surface area contributed by atoms with Crippen molar-refractivity contribution in [2.24, 2.45) is 5.73 Å². The Morgan fingerprint density at radius 2 is 1.89 bits per heavy atom. The van der Waals surface area contributed by atoms with E-state index in [4.69, 9.17) is 5.73 Å². The number of nitrogens with zero attached hydrogens (tertiary/aromatic N) is 2. The lowest BCUT2D eigenvalue weighted by molar-refractivity contribution is -0.118. The first-order valence-electron chi connectivity index (χ1n) is 6.41. The first-order valence-corrected chi connectivity index (χ1v) is 6.41. The summed E-state index contributed by atoms with van der Waals surface area (Å²) in [4.78, 5) is 25.1. The van der Waals surface area contributed by atoms with E-state index in [1.54, 1.807) is 10.9 Å². The quantitative estimate of drug-likeness (QED) is 0.792. The topological polar surface area (TPSA) is 80.4 Å². The fourth-order valence-corrected chi connectivity index (χ4v) is 1.88. The molecule has 0 aromatic carbocycles. The van der Waals surface area contributed by atoms with Crippen molar-refractivity contribution in [2.75, 3.05) is 25.1 Å². The van der Waals surface area contributed by atoms with Crippen molar-refractivity contribution in [3.63, 3.8) is 0 Å². The van der Waals surface area contributed by atoms with Crippen molar-refractivity contribution < 1.29 is 9.59 Å². The Labute approximate surface area is 113 Å². The molecular formula is C13H22N4O2. The summed E-state index contributed by atoms with van der Waals surface area (Å²) in [5.41, 5.74) is 10.1. The SMILES string of the molecule is CCN(CC)CC(=O)Nn1cc(C(N)=O)c(C)c1C. The van der Waals surface area contributed by atoms with E-state index in [1.165, 1.54) is 0 Å². The average molecular weight is 266 g/mol. The van der Waals surface area contributed by atoms with Gasteiger partial charge in [0.25, 0.3) is 11.8 Å². The molecule has 2 amide bonds. The van der Waals surface area contributed by atoms with E-state index < -0.39 is 5.91 Å². The first-order chi connectivity index (χ1) is 8.90. The largest absolute Gasteiger partial charge is 0.366 e. The minimum atomic E-state index is -0.489. The fourth-order valence-electron chi connectivity index (χ4n) is 1.88. The maximum Gasteiger partial charge on any atom is 0.252 e. The molecule has 0 aliphatic rings. The van der Waals surface area contributed by atoms with Crippen LogP contribution in [0.1, 0.15) is 35.5 Å². The van der Waals surface area contributed by atoms with Gasteiger partial charge in [-0.15, -0.1) is 0 Å². The lowest BCUT2D eigenvalue weighted by atomic mass is 10.2. The Morgan fingerprint density at radius 3 is 2.32 bits per heavy atom. The zero-order chi connectivity index (χ0) is 14.6. The van der Waals surface area contributed by atoms with Gasteiger partial charge in [0.15, 0.2) is 0 Å². The van der Waals surface area contributed by atoms with E-state index in [-0.39, 0.29) is 5.91 Å². The van der Waals surface area contributed by atoms with Crippen LogP contribution < -0.4 is 11.2 Å². The van der Waals surface area contributed by atoms with E-state index in [0.717, 1.165) is 24.3 Å². The number of rotatable bonds is 6. The Morgan fingerprint density at radius 1 is 1.32 bits per heavy atom. The van der Waals surface area contributed by atoms with Crippen molar-refractivity contribution in [1.82, 2.24) is 9.58 Å². The summed E-state index contributed by atoms with van der Waals surface area (Å²) < 4.78 is 1.56. The lowest BCUT2D eigenvalue weighted by Gasteiger charge is -2.18. The molecule has 1 rings (SSSR count). The second-order valence-corrected chi connectivity index (χ2v) is 4.48. The van der Waals surface area contributed by atoms with Gasteiger partial charge in [-0.05, 0) is 32.5 Å². The molecule has 1 aromatic rings. The van der Waals surface area contributed by atoms with Gasteiger partial charge < -0.3 is 5.73 Å². The molecule has 6 heteroatoms. The van der Waals surface area contributed by atoms with Crippen LogP contribution in [0.3, 0.4) is 0 Å². The molecule has 1 aromatic heterocycles. The van der Waals surface area contributed by atoms with Gasteiger partial charge in [0.05, 0.1) is 12.1 Å². The molecule has 0 saturated heterocycles. The van der Waals surface area contributed by atoms with Crippen LogP contribution in [0.5, 0.6) is 0 Å². The van der Waals surface area contributed by atoms with Gasteiger partial charge in [-0.25, -0.2) is 0 Å². The van der Waals surface area contributed by atoms with Crippen LogP contribution in [0.15, 0.2) is 6.20 Å². The lowest BCUT2D eigenvalue weighted by Crippen LogP contribution is -2.36. The molecule has 0 spiro atoms. The van der Waals surface area contributed by atoms with E-state index in [0.29, 0.717) is 12.1 Å². The van der Waals surface area contributed by atoms with Gasteiger partial charge in [0.1, 0.15) is 0 Å². The van der Waals surface area contributed by atoms with Crippen molar-refractivity contribution in [3.8, 4) is 0 Å². The Kier molecular flexibility index (Phi) is 5.11. The summed E-state index contributed by atoms with van der Waals surface area (Å²) in [6.45, 7) is 9.62. The van der Waals surface area contributed by atoms with Crippen LogP contribution in [0, 0.1) is 13.8 Å². The maximum absolute atomic E-state index is 11.9. The second-order valence-electron chi connectivity index (χ2n) is 4.48. The molecule has 19 heavy (non-hydrogen) atoms. The maximum atomic E-state index is 11.9. The summed E-state index contributed by atoms with van der Waals surface area (Å²) in [5.74, 6) is -0.602. The van der Waals surface area contributed by atoms with E-state index >= 15 is 0 Å². The highest BCUT2D eigenvalue weighted by Crippen LogP contribution is 2.13. The molecule has 6 nitrogen and oxygen atoms in total. The molecule has 0 saturated carbocycles. The second kappa shape index (κ2) is 6.38. The number of primary amides is 1. The smallest absolute Gasteiger partial charge is 0.252 e. The van der Waals surface area contributed by atoms with E-state index in [2.05, 4.69) is 5.43 Å². The highest BCUT2D eigenvalue weighted by molar-refractivity contribution is 5.95. The predicted molar refractivity (Wildman–Crippen MR) is 74.6 cm³/mol. The van der Waals surface area contributed by atoms with Gasteiger partial charge in [-0.2, -0.15) is 0 Å². The standard InChI is InChI=1S/C13H22N4O2/c1-5-16(6-2)8-12(18)15-17-7-11(13(14)19)9(3)10(17)4/h7H,5-6,8H2,1-4H3,(H2,14,19)(H,15,18). The average Bonchev–Trinajstić information content (AvgIpc) is 2.64. The normalized spacial score (nSPS) is 10.8. The number of likely N-dealkylation sites (N-methyl/N-ethyl adjacent to an activating group) is 1. The van der Waals surface area contributed by atoms with Crippen LogP contribution in [-0.2, 0) is 4.79 Å². The number of carbonyl (C=O) groups excluding carboxylic acids is 2. The zero-order valence-corrected chi connectivity index (χ0v) is 12.0. The number of hydrogen-bond donors (Lipinski definition) is 2. The monoisotopic (exact) mass is 266 g/mol. The summed E-state index contributed by atoms with van der Waals surface area (Å²) in [7, 11) is 0. The summed E-state index contributed by atoms with van der Waals surface area (Å²) in [6.07, 6.45) is 1.56. The number of aromatic nitrogens is 1. The molecule has 0 atom stereocenters. The number of carbonyl (C=O) groups is 2. The Bertz CT molecular complexity index is 475. The van der Waals surface area contributed by atoms with Gasteiger partial charge >= 0.3 is 0 Å². The third-order valence-corrected chi connectivity index (χ3v) is 3.34. The van der Waals surface area contributed by atoms with Gasteiger partial charge in [0.2, 0.25) is 0 Å². The third kappa shape index (κ3) is 3.57. The van der Waals surface area contributed by atoms with Crippen LogP contribution >= 0.6 is 0 Å². The summed E-state index contributed by atoms with van der Waals surface area (Å²) in [6, 6.07) is 0. The summed E-state index contributed by atoms with van der Waals surface area (Å²) >= 11 is 0. The van der Waals surface area contributed by atoms with E-state index in [1.807, 2.05) is 32.6 Å². The third-order valence-electron chi connectivity index (χ3n) is 3.34. The first kappa shape index (κ1) is 15.2. The Balaban J connectivity index is 2.80. The number of nitrogens with one attached hydrogen (secondary N) is 1. The predicted octanol–water partition coefficient (Wildman–Crippen LogP) is 0.616. The molecule has 0 unspecified atom stereocenters. The molecule has 0 bridgehead atoms. The summed E-state index contributed by atoms with van der Waals surface area (Å²) in [5, 5.41) is 0. The molecule has 0 fully saturated rings. The van der Waals surface area contributed by atoms with Crippen LogP contribution in [0.2, 0.25) is 0 Å². The minimum Gasteiger partial charge on any atom is -0.366 e. The Hall–Kier alpha value is -1.82. The van der Waals surface area contributed by atoms with Crippen LogP contribution in [0.25, 0.3) is 0 Å². The van der Waals surface area contributed by atoms with Crippen molar-refractivity contribution in [1.29, 1.82) is 0 Å². The fraction of sp³-hybridized carbons (Fsp3) is 0.538. The molecule has 0 aliphatic heterocycles. The van der Waals surface area contributed by atoms with Gasteiger partial charge in [-0.1, -0.05) is 13.8 Å². The molecule has 1 heterocycles. The van der Waals surface area contributed by atoms with E-state index in [9.17, 15) is 9.59 Å². The molecule has 106 valence electrons. The van der Waals surface area contributed by atoms with Crippen molar-refractivity contribution in [2.45, 2.75) is 27.7 Å².